The van der Waals surface area contributed by atoms with E-state index in [9.17, 15) is 39.5 Å². The van der Waals surface area contributed by atoms with Crippen molar-refractivity contribution in [1.29, 1.82) is 0 Å². The van der Waals surface area contributed by atoms with E-state index < -0.39 is 53.9 Å². The molecular formula is C29H35F9N8. The number of hydrogen-bond acceptors (Lipinski definition) is 7. The fourth-order valence-electron chi connectivity index (χ4n) is 5.66. The molecule has 2 aromatic heterocycles. The zero-order chi connectivity index (χ0) is 33.7. The van der Waals surface area contributed by atoms with E-state index in [0.29, 0.717) is 43.3 Å². The number of hydrogen-bond donors (Lipinski definition) is 2. The monoisotopic (exact) mass is 666 g/mol. The van der Waals surface area contributed by atoms with Gasteiger partial charge in [-0.05, 0) is 84.8 Å². The van der Waals surface area contributed by atoms with Crippen molar-refractivity contribution in [3.63, 3.8) is 0 Å². The van der Waals surface area contributed by atoms with Gasteiger partial charge in [-0.15, -0.1) is 5.10 Å². The molecule has 0 bridgehead atoms. The molecule has 254 valence electrons. The third-order valence-electron chi connectivity index (χ3n) is 8.06. The number of nitrogens with two attached hydrogens (primary N) is 1. The second kappa shape index (κ2) is 14.5. The standard InChI is InChI=1S/C29H35F9N8/c1-45-43-26(42-44-45)46(16-20-10-22(27(30,31)32)13-23(11-20)28(33,34)35)17-21-12-24(29(36,37)38)15-41-25(21)7-9-40-14-19-4-2-18(3-5-19)6-8-39/h10-13,15,18-19,40H,2-9,14,16-17,39H2,1H3. The number of nitrogens with one attached hydrogen (secondary N) is 1. The number of alkyl halides is 9. The van der Waals surface area contributed by atoms with Crippen molar-refractivity contribution in [1.82, 2.24) is 30.5 Å². The van der Waals surface area contributed by atoms with Crippen LogP contribution in [0.3, 0.4) is 0 Å². The van der Waals surface area contributed by atoms with Crippen molar-refractivity contribution in [2.75, 3.05) is 24.5 Å². The number of pyridine rings is 1. The molecule has 0 saturated heterocycles. The molecule has 3 N–H and O–H groups in total. The highest BCUT2D eigenvalue weighted by molar-refractivity contribution is 5.39. The van der Waals surface area contributed by atoms with E-state index in [1.807, 2.05) is 0 Å². The molecule has 0 radical (unpaired) electrons. The van der Waals surface area contributed by atoms with Gasteiger partial charge >= 0.3 is 18.5 Å². The third-order valence-corrected chi connectivity index (χ3v) is 8.06. The predicted molar refractivity (Wildman–Crippen MR) is 150 cm³/mol. The van der Waals surface area contributed by atoms with Crippen LogP contribution in [0.4, 0.5) is 45.5 Å². The van der Waals surface area contributed by atoms with Gasteiger partial charge in [-0.25, -0.2) is 0 Å². The lowest BCUT2D eigenvalue weighted by Crippen LogP contribution is -2.29. The summed E-state index contributed by atoms with van der Waals surface area (Å²) in [5.41, 5.74) is 1.50. The van der Waals surface area contributed by atoms with Gasteiger partial charge in [-0.3, -0.25) is 4.98 Å². The van der Waals surface area contributed by atoms with Gasteiger partial charge in [-0.1, -0.05) is 17.9 Å². The van der Waals surface area contributed by atoms with Gasteiger partial charge in [0.25, 0.3) is 5.95 Å². The predicted octanol–water partition coefficient (Wildman–Crippen LogP) is 6.16. The highest BCUT2D eigenvalue weighted by Crippen LogP contribution is 2.37. The van der Waals surface area contributed by atoms with Crippen LogP contribution in [0.25, 0.3) is 0 Å². The minimum Gasteiger partial charge on any atom is -0.330 e. The van der Waals surface area contributed by atoms with Crippen LogP contribution in [0, 0.1) is 11.8 Å². The van der Waals surface area contributed by atoms with Crippen molar-refractivity contribution in [2.24, 2.45) is 24.6 Å². The minimum absolute atomic E-state index is 0.00204. The number of halogens is 9. The second-order valence-corrected chi connectivity index (χ2v) is 11.6. The summed E-state index contributed by atoms with van der Waals surface area (Å²) in [5, 5.41) is 14.8. The lowest BCUT2D eigenvalue weighted by molar-refractivity contribution is -0.143. The molecule has 0 amide bonds. The van der Waals surface area contributed by atoms with Gasteiger partial charge in [0.1, 0.15) is 0 Å². The van der Waals surface area contributed by atoms with Gasteiger partial charge in [0.05, 0.1) is 23.7 Å². The molecule has 0 unspecified atom stereocenters. The first-order valence-corrected chi connectivity index (χ1v) is 14.8. The fourth-order valence-corrected chi connectivity index (χ4v) is 5.66. The van der Waals surface area contributed by atoms with Gasteiger partial charge in [0, 0.05) is 37.9 Å². The number of aromatic nitrogens is 5. The molecular weight excluding hydrogens is 631 g/mol. The molecule has 46 heavy (non-hydrogen) atoms. The van der Waals surface area contributed by atoms with Crippen LogP contribution in [0.1, 0.15) is 65.6 Å². The molecule has 4 rings (SSSR count). The van der Waals surface area contributed by atoms with Gasteiger partial charge in [-0.2, -0.15) is 44.3 Å². The van der Waals surface area contributed by atoms with Gasteiger partial charge in [0.2, 0.25) is 0 Å². The van der Waals surface area contributed by atoms with Crippen molar-refractivity contribution in [3.8, 4) is 0 Å². The Morgan fingerprint density at radius 3 is 2.00 bits per heavy atom. The number of benzene rings is 1. The van der Waals surface area contributed by atoms with Gasteiger partial charge < -0.3 is 16.0 Å². The average Bonchev–Trinajstić information content (AvgIpc) is 3.41. The molecule has 1 aliphatic carbocycles. The molecule has 1 saturated carbocycles. The number of tetrazole rings is 1. The quantitative estimate of drug-likeness (QED) is 0.177. The maximum absolute atomic E-state index is 13.7. The highest BCUT2D eigenvalue weighted by Gasteiger charge is 2.37. The normalized spacial score (nSPS) is 17.8. The molecule has 1 fully saturated rings. The van der Waals surface area contributed by atoms with E-state index in [4.69, 9.17) is 5.73 Å². The zero-order valence-corrected chi connectivity index (χ0v) is 25.0. The first-order chi connectivity index (χ1) is 21.5. The lowest BCUT2D eigenvalue weighted by atomic mass is 9.80. The van der Waals surface area contributed by atoms with Crippen LogP contribution in [0.2, 0.25) is 0 Å². The summed E-state index contributed by atoms with van der Waals surface area (Å²) in [6, 6.07) is 1.98. The Kier molecular flexibility index (Phi) is 11.2. The number of anilines is 1. The van der Waals surface area contributed by atoms with Crippen LogP contribution in [-0.2, 0) is 45.1 Å². The van der Waals surface area contributed by atoms with Crippen LogP contribution >= 0.6 is 0 Å². The van der Waals surface area contributed by atoms with Crippen molar-refractivity contribution >= 4 is 5.95 Å². The maximum Gasteiger partial charge on any atom is 0.417 e. The molecule has 17 heteroatoms. The summed E-state index contributed by atoms with van der Waals surface area (Å²) in [5.74, 6) is 0.879. The molecule has 3 aromatic rings. The van der Waals surface area contributed by atoms with Crippen LogP contribution in [0.5, 0.6) is 0 Å². The Morgan fingerprint density at radius 2 is 1.46 bits per heavy atom. The fraction of sp³-hybridized carbons (Fsp3) is 0.586. The Morgan fingerprint density at radius 1 is 0.848 bits per heavy atom. The second-order valence-electron chi connectivity index (χ2n) is 11.6. The Bertz CT molecular complexity index is 1400. The summed E-state index contributed by atoms with van der Waals surface area (Å²) in [7, 11) is 1.38. The third kappa shape index (κ3) is 9.77. The van der Waals surface area contributed by atoms with Crippen LogP contribution in [0.15, 0.2) is 30.5 Å². The van der Waals surface area contributed by atoms with Crippen molar-refractivity contribution in [2.45, 2.75) is 70.1 Å². The largest absolute Gasteiger partial charge is 0.417 e. The van der Waals surface area contributed by atoms with E-state index in [0.717, 1.165) is 54.4 Å². The van der Waals surface area contributed by atoms with E-state index in [1.165, 1.54) is 7.05 Å². The summed E-state index contributed by atoms with van der Waals surface area (Å²) in [6.45, 7) is 0.771. The lowest BCUT2D eigenvalue weighted by Gasteiger charge is -2.28. The molecule has 2 heterocycles. The van der Waals surface area contributed by atoms with E-state index in [-0.39, 0.29) is 29.7 Å². The smallest absolute Gasteiger partial charge is 0.330 e. The van der Waals surface area contributed by atoms with Crippen molar-refractivity contribution < 1.29 is 39.5 Å². The van der Waals surface area contributed by atoms with Crippen molar-refractivity contribution in [3.05, 3.63) is 64.0 Å². The van der Waals surface area contributed by atoms with Gasteiger partial charge in [0.15, 0.2) is 0 Å². The summed E-state index contributed by atoms with van der Waals surface area (Å²) < 4.78 is 122. The minimum atomic E-state index is -5.08. The summed E-state index contributed by atoms with van der Waals surface area (Å²) in [6.07, 6.45) is -8.71. The molecule has 0 atom stereocenters. The number of rotatable bonds is 12. The maximum atomic E-state index is 13.7. The van der Waals surface area contributed by atoms with E-state index in [1.54, 1.807) is 0 Å². The molecule has 1 aliphatic rings. The zero-order valence-electron chi connectivity index (χ0n) is 25.0. The van der Waals surface area contributed by atoms with E-state index >= 15 is 0 Å². The summed E-state index contributed by atoms with van der Waals surface area (Å²) in [4.78, 5) is 6.23. The Labute approximate surface area is 259 Å². The molecule has 8 nitrogen and oxygen atoms in total. The first-order valence-electron chi connectivity index (χ1n) is 14.8. The Balaban J connectivity index is 1.58. The summed E-state index contributed by atoms with van der Waals surface area (Å²) >= 11 is 0. The van der Waals surface area contributed by atoms with Crippen LogP contribution in [-0.4, -0.2) is 44.8 Å². The topological polar surface area (TPSA) is 97.8 Å². The first kappa shape index (κ1) is 35.4. The van der Waals surface area contributed by atoms with E-state index in [2.05, 4.69) is 25.7 Å². The SMILES string of the molecule is Cn1nnc(N(Cc2cc(C(F)(F)F)cc(C(F)(F)F)c2)Cc2cc(C(F)(F)F)cnc2CCNCC2CCC(CCN)CC2)n1. The number of nitrogens with zero attached hydrogens (tertiary/aromatic N) is 6. The molecule has 1 aromatic carbocycles. The molecule has 0 aliphatic heterocycles. The average molecular weight is 667 g/mol. The number of aryl methyl sites for hydroxylation is 1. The Hall–Kier alpha value is -3.47. The molecule has 0 spiro atoms. The highest BCUT2D eigenvalue weighted by atomic mass is 19.4. The van der Waals surface area contributed by atoms with Crippen LogP contribution < -0.4 is 16.0 Å².